The van der Waals surface area contributed by atoms with Crippen molar-refractivity contribution >= 4 is 33.3 Å². The number of rotatable bonds is 5. The molecule has 0 N–H and O–H groups in total. The quantitative estimate of drug-likeness (QED) is 0.360. The third-order valence-electron chi connectivity index (χ3n) is 4.87. The minimum absolute atomic E-state index is 0.0309. The number of nitrogens with zero attached hydrogens (tertiary/aromatic N) is 4. The molecule has 0 aliphatic heterocycles. The van der Waals surface area contributed by atoms with E-state index in [1.165, 1.54) is 22.2 Å². The Morgan fingerprint density at radius 2 is 2.30 bits per heavy atom. The highest BCUT2D eigenvalue weighted by Gasteiger charge is 2.25. The molecular formula is C19H22N4O2S2. The van der Waals surface area contributed by atoms with Crippen LogP contribution in [0.4, 0.5) is 0 Å². The molecule has 4 rings (SSSR count). The van der Waals surface area contributed by atoms with Crippen LogP contribution in [0.2, 0.25) is 0 Å². The Hall–Kier alpha value is -1.93. The average Bonchev–Trinajstić information content (AvgIpc) is 3.21. The second-order valence-electron chi connectivity index (χ2n) is 7.07. The third-order valence-corrected chi connectivity index (χ3v) is 7.09. The van der Waals surface area contributed by atoms with Gasteiger partial charge in [-0.15, -0.1) is 17.9 Å². The summed E-state index contributed by atoms with van der Waals surface area (Å²) in [4.78, 5) is 24.6. The Balaban J connectivity index is 1.81. The lowest BCUT2D eigenvalue weighted by Gasteiger charge is -2.17. The molecule has 1 aliphatic carbocycles. The first kappa shape index (κ1) is 18.4. The molecule has 6 nitrogen and oxygen atoms in total. The maximum atomic E-state index is 13.3. The van der Waals surface area contributed by atoms with E-state index in [4.69, 9.17) is 9.51 Å². The number of thioether (sulfide) groups is 1. The van der Waals surface area contributed by atoms with Crippen LogP contribution in [0.15, 0.2) is 27.1 Å². The van der Waals surface area contributed by atoms with Crippen LogP contribution in [-0.2, 0) is 19.4 Å². The summed E-state index contributed by atoms with van der Waals surface area (Å²) in [6.45, 7) is 10.3. The van der Waals surface area contributed by atoms with E-state index in [0.29, 0.717) is 29.3 Å². The average molecular weight is 403 g/mol. The van der Waals surface area contributed by atoms with Crippen LogP contribution < -0.4 is 5.56 Å². The van der Waals surface area contributed by atoms with E-state index in [0.717, 1.165) is 29.5 Å². The summed E-state index contributed by atoms with van der Waals surface area (Å²) >= 11 is 3.14. The molecule has 2 unspecified atom stereocenters. The number of aryl methyl sites for hydroxylation is 2. The maximum absolute atomic E-state index is 13.3. The summed E-state index contributed by atoms with van der Waals surface area (Å²) in [5.74, 6) is 1.80. The first-order valence-corrected chi connectivity index (χ1v) is 10.8. The molecule has 0 saturated heterocycles. The van der Waals surface area contributed by atoms with Gasteiger partial charge in [0.15, 0.2) is 11.0 Å². The number of hydrogen-bond acceptors (Lipinski definition) is 7. The molecule has 3 aromatic rings. The Morgan fingerprint density at radius 1 is 1.48 bits per heavy atom. The second-order valence-corrected chi connectivity index (χ2v) is 9.46. The van der Waals surface area contributed by atoms with Crippen molar-refractivity contribution in [2.75, 3.05) is 0 Å². The summed E-state index contributed by atoms with van der Waals surface area (Å²) in [6, 6.07) is 0. The van der Waals surface area contributed by atoms with Gasteiger partial charge >= 0.3 is 0 Å². The van der Waals surface area contributed by atoms with Gasteiger partial charge in [-0.2, -0.15) is 4.98 Å². The van der Waals surface area contributed by atoms with Crippen molar-refractivity contribution in [3.8, 4) is 0 Å². The lowest BCUT2D eigenvalue weighted by Crippen LogP contribution is -2.23. The van der Waals surface area contributed by atoms with Gasteiger partial charge in [0, 0.05) is 11.4 Å². The highest BCUT2D eigenvalue weighted by molar-refractivity contribution is 7.99. The van der Waals surface area contributed by atoms with Crippen LogP contribution in [0.1, 0.15) is 47.7 Å². The van der Waals surface area contributed by atoms with Crippen molar-refractivity contribution in [2.45, 2.75) is 57.0 Å². The van der Waals surface area contributed by atoms with Crippen molar-refractivity contribution in [3.63, 3.8) is 0 Å². The molecule has 3 aromatic heterocycles. The zero-order valence-corrected chi connectivity index (χ0v) is 17.3. The minimum atomic E-state index is -0.0961. The van der Waals surface area contributed by atoms with Crippen molar-refractivity contribution in [1.29, 1.82) is 0 Å². The normalized spacial score (nSPS) is 17.8. The molecule has 3 heterocycles. The van der Waals surface area contributed by atoms with Gasteiger partial charge in [0.05, 0.1) is 10.6 Å². The molecule has 0 fully saturated rings. The van der Waals surface area contributed by atoms with Gasteiger partial charge in [0.2, 0.25) is 5.89 Å². The number of thiophene rings is 1. The molecule has 0 amide bonds. The molecule has 27 heavy (non-hydrogen) atoms. The van der Waals surface area contributed by atoms with Gasteiger partial charge in [-0.25, -0.2) is 4.98 Å². The van der Waals surface area contributed by atoms with E-state index in [1.807, 2.05) is 6.92 Å². The van der Waals surface area contributed by atoms with Gasteiger partial charge < -0.3 is 4.52 Å². The number of fused-ring (bicyclic) bond motifs is 3. The molecule has 0 aromatic carbocycles. The van der Waals surface area contributed by atoms with Crippen molar-refractivity contribution in [2.24, 2.45) is 5.92 Å². The first-order valence-electron chi connectivity index (χ1n) is 9.10. The molecule has 0 spiro atoms. The fourth-order valence-corrected chi connectivity index (χ4v) is 5.84. The fourth-order valence-electron chi connectivity index (χ4n) is 3.47. The van der Waals surface area contributed by atoms with Crippen LogP contribution in [0.25, 0.3) is 10.2 Å². The smallest absolute Gasteiger partial charge is 0.263 e. The fraction of sp³-hybridized carbons (Fsp3) is 0.474. The molecule has 0 bridgehead atoms. The van der Waals surface area contributed by atoms with E-state index in [-0.39, 0.29) is 10.8 Å². The monoisotopic (exact) mass is 402 g/mol. The molecule has 8 heteroatoms. The summed E-state index contributed by atoms with van der Waals surface area (Å²) in [5.41, 5.74) is 1.24. The lowest BCUT2D eigenvalue weighted by atomic mass is 9.89. The highest BCUT2D eigenvalue weighted by atomic mass is 32.2. The van der Waals surface area contributed by atoms with E-state index >= 15 is 0 Å². The molecule has 142 valence electrons. The van der Waals surface area contributed by atoms with Crippen LogP contribution >= 0.6 is 23.1 Å². The SMILES string of the molecule is C=CCn1c(SC(C)c2nc(C)no2)nc2sc3c(c2c1=O)CCC(C)C3. The summed E-state index contributed by atoms with van der Waals surface area (Å²) in [7, 11) is 0. The second kappa shape index (κ2) is 7.24. The van der Waals surface area contributed by atoms with Crippen LogP contribution in [0.5, 0.6) is 0 Å². The van der Waals surface area contributed by atoms with Gasteiger partial charge in [-0.3, -0.25) is 9.36 Å². The van der Waals surface area contributed by atoms with E-state index < -0.39 is 0 Å². The maximum Gasteiger partial charge on any atom is 0.263 e. The number of aromatic nitrogens is 4. The van der Waals surface area contributed by atoms with Gasteiger partial charge in [0.25, 0.3) is 5.56 Å². The van der Waals surface area contributed by atoms with Gasteiger partial charge in [-0.05, 0) is 44.6 Å². The van der Waals surface area contributed by atoms with Gasteiger partial charge in [-0.1, -0.05) is 29.9 Å². The zero-order chi connectivity index (χ0) is 19.1. The van der Waals surface area contributed by atoms with E-state index in [2.05, 4.69) is 23.6 Å². The van der Waals surface area contributed by atoms with Crippen LogP contribution in [0, 0.1) is 12.8 Å². The predicted molar refractivity (Wildman–Crippen MR) is 109 cm³/mol. The lowest BCUT2D eigenvalue weighted by molar-refractivity contribution is 0.376. The predicted octanol–water partition coefficient (Wildman–Crippen LogP) is 4.31. The van der Waals surface area contributed by atoms with Crippen molar-refractivity contribution in [1.82, 2.24) is 19.7 Å². The molecule has 0 saturated carbocycles. The molecular weight excluding hydrogens is 380 g/mol. The van der Waals surface area contributed by atoms with E-state index in [9.17, 15) is 4.79 Å². The Morgan fingerprint density at radius 3 is 3.00 bits per heavy atom. The number of hydrogen-bond donors (Lipinski definition) is 0. The van der Waals surface area contributed by atoms with Gasteiger partial charge in [0.1, 0.15) is 4.83 Å². The first-order chi connectivity index (χ1) is 13.0. The molecule has 2 atom stereocenters. The Labute approximate surface area is 165 Å². The molecule has 1 aliphatic rings. The van der Waals surface area contributed by atoms with Crippen molar-refractivity contribution < 1.29 is 4.52 Å². The Kier molecular flexibility index (Phi) is 4.94. The van der Waals surface area contributed by atoms with Crippen LogP contribution in [0.3, 0.4) is 0 Å². The largest absolute Gasteiger partial charge is 0.338 e. The topological polar surface area (TPSA) is 73.8 Å². The molecule has 0 radical (unpaired) electrons. The minimum Gasteiger partial charge on any atom is -0.338 e. The summed E-state index contributed by atoms with van der Waals surface area (Å²) < 4.78 is 6.99. The highest BCUT2D eigenvalue weighted by Crippen LogP contribution is 2.38. The van der Waals surface area contributed by atoms with Crippen LogP contribution in [-0.4, -0.2) is 19.7 Å². The van der Waals surface area contributed by atoms with E-state index in [1.54, 1.807) is 28.9 Å². The summed E-state index contributed by atoms with van der Waals surface area (Å²) in [6.07, 6.45) is 4.87. The number of allylic oxidation sites excluding steroid dienone is 1. The standard InChI is InChI=1S/C19H22N4O2S2/c1-5-8-23-18(24)15-13-7-6-10(2)9-14(13)27-17(15)21-19(23)26-11(3)16-20-12(4)22-25-16/h5,10-11H,1,6-9H2,2-4H3. The summed E-state index contributed by atoms with van der Waals surface area (Å²) in [5, 5.41) is 5.23. The third kappa shape index (κ3) is 3.36. The van der Waals surface area contributed by atoms with Crippen molar-refractivity contribution in [3.05, 3.63) is 45.2 Å². The Bertz CT molecular complexity index is 1070. The zero-order valence-electron chi connectivity index (χ0n) is 15.7.